The molecule has 1 unspecified atom stereocenters. The molecule has 64 valence electrons. The summed E-state index contributed by atoms with van der Waals surface area (Å²) in [6.07, 6.45) is 1.09. The SMILES string of the molecule is Nc1c2cnc(=O)n1OS(=O)O2. The lowest BCUT2D eigenvalue weighted by molar-refractivity contribution is 0.242. The molecular weight excluding hydrogens is 186 g/mol. The Hall–Kier alpha value is -1.57. The molecule has 0 aliphatic carbocycles. The van der Waals surface area contributed by atoms with Crippen molar-refractivity contribution >= 4 is 17.2 Å². The van der Waals surface area contributed by atoms with Gasteiger partial charge in [-0.2, -0.15) is 9.19 Å². The van der Waals surface area contributed by atoms with E-state index in [2.05, 4.69) is 13.5 Å². The lowest BCUT2D eigenvalue weighted by atomic mass is 10.5. The zero-order valence-corrected chi connectivity index (χ0v) is 6.41. The van der Waals surface area contributed by atoms with Crippen molar-refractivity contribution in [3.8, 4) is 5.75 Å². The summed E-state index contributed by atoms with van der Waals surface area (Å²) in [5, 5.41) is 0. The number of hydrogen-bond donors (Lipinski definition) is 1. The zero-order valence-electron chi connectivity index (χ0n) is 5.59. The Morgan fingerprint density at radius 1 is 1.67 bits per heavy atom. The van der Waals surface area contributed by atoms with Crippen LogP contribution in [0.4, 0.5) is 5.82 Å². The molecule has 0 amide bonds. The molecule has 2 bridgehead atoms. The molecular formula is C4H3N3O4S. The lowest BCUT2D eigenvalue weighted by Crippen LogP contribution is -2.37. The van der Waals surface area contributed by atoms with E-state index < -0.39 is 17.1 Å². The maximum atomic E-state index is 10.9. The summed E-state index contributed by atoms with van der Waals surface area (Å²) in [4.78, 5) is 14.2. The van der Waals surface area contributed by atoms with Crippen LogP contribution in [0.15, 0.2) is 11.0 Å². The van der Waals surface area contributed by atoms with Crippen LogP contribution < -0.4 is 19.9 Å². The third kappa shape index (κ3) is 0.848. The van der Waals surface area contributed by atoms with E-state index in [1.54, 1.807) is 0 Å². The summed E-state index contributed by atoms with van der Waals surface area (Å²) in [6.45, 7) is 0. The number of fused-ring (bicyclic) bond motifs is 2. The first kappa shape index (κ1) is 7.10. The second kappa shape index (κ2) is 2.21. The van der Waals surface area contributed by atoms with Crippen LogP contribution in [-0.2, 0) is 11.4 Å². The number of aromatic nitrogens is 2. The Balaban J connectivity index is 2.74. The Bertz CT molecular complexity index is 413. The van der Waals surface area contributed by atoms with Crippen LogP contribution in [0.1, 0.15) is 0 Å². The Morgan fingerprint density at radius 2 is 2.42 bits per heavy atom. The highest BCUT2D eigenvalue weighted by atomic mass is 32.2. The fraction of sp³-hybridized carbons (Fsp3) is 0. The van der Waals surface area contributed by atoms with Gasteiger partial charge in [0.1, 0.15) is 0 Å². The fourth-order valence-electron chi connectivity index (χ4n) is 0.721. The fourth-order valence-corrected chi connectivity index (χ4v) is 1.29. The number of nitrogens with two attached hydrogens (primary N) is 1. The van der Waals surface area contributed by atoms with E-state index in [0.29, 0.717) is 4.73 Å². The van der Waals surface area contributed by atoms with E-state index in [-0.39, 0.29) is 11.6 Å². The number of nitrogens with zero attached hydrogens (tertiary/aromatic N) is 2. The topological polar surface area (TPSA) is 96.4 Å². The van der Waals surface area contributed by atoms with Gasteiger partial charge in [0.15, 0.2) is 5.82 Å². The van der Waals surface area contributed by atoms with Crippen molar-refractivity contribution in [2.45, 2.75) is 0 Å². The minimum absolute atomic E-state index is 0.0467. The summed E-state index contributed by atoms with van der Waals surface area (Å²) in [5.74, 6) is 0.0220. The van der Waals surface area contributed by atoms with E-state index in [4.69, 9.17) is 5.73 Å². The molecule has 0 saturated carbocycles. The predicted octanol–water partition coefficient (Wildman–Crippen LogP) is -1.77. The molecule has 2 N–H and O–H groups in total. The number of rotatable bonds is 0. The molecule has 1 aromatic heterocycles. The molecule has 1 aromatic rings. The van der Waals surface area contributed by atoms with Crippen molar-refractivity contribution in [1.29, 1.82) is 0 Å². The van der Waals surface area contributed by atoms with E-state index in [9.17, 15) is 9.00 Å². The van der Waals surface area contributed by atoms with Crippen LogP contribution in [0.3, 0.4) is 0 Å². The maximum Gasteiger partial charge on any atom is 0.438 e. The second-order valence-electron chi connectivity index (χ2n) is 1.95. The van der Waals surface area contributed by atoms with Crippen LogP contribution in [-0.4, -0.2) is 13.9 Å². The second-order valence-corrected chi connectivity index (χ2v) is 2.67. The predicted molar refractivity (Wildman–Crippen MR) is 38.3 cm³/mol. The van der Waals surface area contributed by atoms with Crippen molar-refractivity contribution in [2.24, 2.45) is 0 Å². The lowest BCUT2D eigenvalue weighted by Gasteiger charge is -2.15. The van der Waals surface area contributed by atoms with Crippen molar-refractivity contribution < 1.29 is 12.7 Å². The molecule has 7 nitrogen and oxygen atoms in total. The molecule has 1 atom stereocenters. The summed E-state index contributed by atoms with van der Waals surface area (Å²) >= 11 is -2.01. The van der Waals surface area contributed by atoms with Crippen LogP contribution in [0.5, 0.6) is 5.75 Å². The molecule has 8 heteroatoms. The van der Waals surface area contributed by atoms with E-state index in [1.807, 2.05) is 0 Å². The van der Waals surface area contributed by atoms with Crippen molar-refractivity contribution in [3.05, 3.63) is 16.7 Å². The van der Waals surface area contributed by atoms with E-state index in [1.165, 1.54) is 0 Å². The molecule has 2 rings (SSSR count). The van der Waals surface area contributed by atoms with Gasteiger partial charge in [-0.3, -0.25) is 4.28 Å². The largest absolute Gasteiger partial charge is 0.438 e. The average Bonchev–Trinajstić information content (AvgIpc) is 2.01. The quantitative estimate of drug-likeness (QED) is 0.518. The molecule has 1 aliphatic rings. The molecule has 0 spiro atoms. The van der Waals surface area contributed by atoms with Gasteiger partial charge < -0.3 is 9.92 Å². The van der Waals surface area contributed by atoms with E-state index in [0.717, 1.165) is 6.20 Å². The highest BCUT2D eigenvalue weighted by molar-refractivity contribution is 7.75. The van der Waals surface area contributed by atoms with Gasteiger partial charge in [-0.1, -0.05) is 4.73 Å². The van der Waals surface area contributed by atoms with Gasteiger partial charge in [0, 0.05) is 0 Å². The van der Waals surface area contributed by atoms with Crippen molar-refractivity contribution in [1.82, 2.24) is 9.71 Å². The summed E-state index contributed by atoms with van der Waals surface area (Å²) in [6, 6.07) is 0. The van der Waals surface area contributed by atoms with Crippen LogP contribution in [0.2, 0.25) is 0 Å². The van der Waals surface area contributed by atoms with Crippen LogP contribution in [0.25, 0.3) is 0 Å². The summed E-state index contributed by atoms with van der Waals surface area (Å²) < 4.78 is 20.3. The van der Waals surface area contributed by atoms with E-state index >= 15 is 0 Å². The Morgan fingerprint density at radius 3 is 3.17 bits per heavy atom. The molecule has 12 heavy (non-hydrogen) atoms. The van der Waals surface area contributed by atoms with Crippen molar-refractivity contribution in [3.63, 3.8) is 0 Å². The first-order chi connectivity index (χ1) is 5.68. The monoisotopic (exact) mass is 189 g/mol. The summed E-state index contributed by atoms with van der Waals surface area (Å²) in [5.41, 5.74) is 4.62. The molecule has 0 fully saturated rings. The third-order valence-corrected chi connectivity index (χ3v) is 1.82. The Labute approximate surface area is 68.5 Å². The van der Waals surface area contributed by atoms with Gasteiger partial charge in [-0.05, 0) is 0 Å². The van der Waals surface area contributed by atoms with Crippen molar-refractivity contribution in [2.75, 3.05) is 5.73 Å². The molecule has 0 aromatic carbocycles. The number of nitrogen functional groups attached to an aromatic ring is 1. The standard InChI is InChI=1S/C4H3N3O4S/c5-3-2-1-6-4(8)7(3)11-12(9)10-2/h1H,5H2. The number of anilines is 1. The van der Waals surface area contributed by atoms with Gasteiger partial charge in [0.05, 0.1) is 6.20 Å². The minimum atomic E-state index is -2.01. The van der Waals surface area contributed by atoms with Gasteiger partial charge in [0.25, 0.3) is 0 Å². The first-order valence-electron chi connectivity index (χ1n) is 2.85. The van der Waals surface area contributed by atoms with Gasteiger partial charge in [-0.25, -0.2) is 4.79 Å². The minimum Gasteiger partial charge on any atom is -0.379 e. The van der Waals surface area contributed by atoms with Crippen LogP contribution in [0, 0.1) is 0 Å². The molecule has 0 saturated heterocycles. The average molecular weight is 189 g/mol. The van der Waals surface area contributed by atoms with Gasteiger partial charge in [0.2, 0.25) is 5.75 Å². The molecule has 1 aliphatic heterocycles. The zero-order chi connectivity index (χ0) is 8.72. The van der Waals surface area contributed by atoms with Gasteiger partial charge in [-0.15, -0.1) is 0 Å². The molecule has 0 radical (unpaired) electrons. The van der Waals surface area contributed by atoms with Crippen LogP contribution >= 0.6 is 0 Å². The molecule has 2 heterocycles. The number of hydrogen-bond acceptors (Lipinski definition) is 6. The smallest absolute Gasteiger partial charge is 0.379 e. The Kier molecular flexibility index (Phi) is 1.30. The highest BCUT2D eigenvalue weighted by Crippen LogP contribution is 2.20. The maximum absolute atomic E-state index is 10.9. The third-order valence-electron chi connectivity index (χ3n) is 1.23. The first-order valence-corrected chi connectivity index (χ1v) is 3.85. The van der Waals surface area contributed by atoms with Gasteiger partial charge >= 0.3 is 17.1 Å². The summed E-state index contributed by atoms with van der Waals surface area (Å²) in [7, 11) is 0. The highest BCUT2D eigenvalue weighted by Gasteiger charge is 2.21. The normalized spacial score (nSPS) is 19.5.